The Kier molecular flexibility index (Phi) is 13.9. The third-order valence-corrected chi connectivity index (χ3v) is 10.7. The summed E-state index contributed by atoms with van der Waals surface area (Å²) in [5, 5.41) is 51.9. The largest absolute Gasteiger partial charge is 0.488 e. The van der Waals surface area contributed by atoms with Gasteiger partial charge in [-0.15, -0.1) is 11.6 Å². The van der Waals surface area contributed by atoms with Gasteiger partial charge in [0, 0.05) is 49.2 Å². The average molecular weight is 768 g/mol. The average Bonchev–Trinajstić information content (AvgIpc) is 3.63. The van der Waals surface area contributed by atoms with Gasteiger partial charge in [-0.3, -0.25) is 4.98 Å². The van der Waals surface area contributed by atoms with E-state index in [9.17, 15) is 25.7 Å². The summed E-state index contributed by atoms with van der Waals surface area (Å²) < 4.78 is 19.7. The van der Waals surface area contributed by atoms with Gasteiger partial charge in [0.15, 0.2) is 0 Å². The van der Waals surface area contributed by atoms with E-state index in [0.717, 1.165) is 24.1 Å². The van der Waals surface area contributed by atoms with E-state index in [1.54, 1.807) is 31.3 Å². The Morgan fingerprint density at radius 3 is 2.60 bits per heavy atom. The number of nitrogens with one attached hydrogen (secondary N) is 1. The number of nitrogens with zero attached hydrogens (tertiary/aromatic N) is 3. The van der Waals surface area contributed by atoms with E-state index in [0.29, 0.717) is 52.9 Å². The van der Waals surface area contributed by atoms with Crippen LogP contribution in [0.15, 0.2) is 79.2 Å². The maximum Gasteiger partial charge on any atom is 0.143 e. The zero-order valence-corrected chi connectivity index (χ0v) is 31.6. The van der Waals surface area contributed by atoms with Gasteiger partial charge in [-0.2, -0.15) is 5.26 Å². The number of pyridine rings is 1. The Bertz CT molecular complexity index is 1780. The van der Waals surface area contributed by atoms with Crippen LogP contribution in [0.25, 0.3) is 5.57 Å². The van der Waals surface area contributed by atoms with Crippen molar-refractivity contribution in [3.8, 4) is 17.6 Å². The Morgan fingerprint density at radius 1 is 1.11 bits per heavy atom. The van der Waals surface area contributed by atoms with E-state index in [-0.39, 0.29) is 45.5 Å². The second-order valence-electron chi connectivity index (χ2n) is 14.2. The topological polar surface area (TPSA) is 161 Å². The van der Waals surface area contributed by atoms with Crippen molar-refractivity contribution >= 4 is 28.8 Å². The summed E-state index contributed by atoms with van der Waals surface area (Å²) in [6.07, 6.45) is 9.01. The molecule has 5 N–H and O–H groups in total. The molecule has 1 fully saturated rings. The Hall–Kier alpha value is -3.54. The SMILES string of the molecule is CC(CO)(CO)NCc1cc(Cl)c(OCC2(OC[C@H]3CCN(CC(O)CO)C3)C=CC=C(c3ccccc3)C2(C)Cl)cc1OCc1cncc(C#N)c1. The minimum absolute atomic E-state index is 0.00861. The normalized spacial score (nSPS) is 22.3. The molecule has 2 aromatic carbocycles. The molecule has 2 aliphatic rings. The van der Waals surface area contributed by atoms with Crippen LogP contribution in [0.4, 0.5) is 0 Å². The molecule has 13 heteroatoms. The molecule has 1 saturated heterocycles. The lowest BCUT2D eigenvalue weighted by Crippen LogP contribution is -2.55. The van der Waals surface area contributed by atoms with Gasteiger partial charge in [-0.1, -0.05) is 54.1 Å². The summed E-state index contributed by atoms with van der Waals surface area (Å²) in [5.74, 6) is 0.921. The summed E-state index contributed by atoms with van der Waals surface area (Å²) in [6.45, 7) is 5.30. The molecule has 0 saturated carbocycles. The molecular formula is C40H48Cl2N4O7. The fourth-order valence-electron chi connectivity index (χ4n) is 6.47. The Labute approximate surface area is 321 Å². The predicted octanol–water partition coefficient (Wildman–Crippen LogP) is 4.48. The summed E-state index contributed by atoms with van der Waals surface area (Å²) in [6, 6.07) is 17.1. The number of aliphatic hydroxyl groups excluding tert-OH is 4. The van der Waals surface area contributed by atoms with Gasteiger partial charge in [0.25, 0.3) is 0 Å². The number of aromatic nitrogens is 1. The molecule has 1 aliphatic heterocycles. The van der Waals surface area contributed by atoms with E-state index in [2.05, 4.69) is 21.3 Å². The fraction of sp³-hybridized carbons (Fsp3) is 0.450. The Morgan fingerprint density at radius 2 is 1.89 bits per heavy atom. The van der Waals surface area contributed by atoms with Gasteiger partial charge >= 0.3 is 0 Å². The molecule has 0 radical (unpaired) electrons. The number of hydrogen-bond donors (Lipinski definition) is 5. The second-order valence-corrected chi connectivity index (χ2v) is 15.3. The summed E-state index contributed by atoms with van der Waals surface area (Å²) in [5.41, 5.74) is 1.45. The predicted molar refractivity (Wildman–Crippen MR) is 204 cm³/mol. The monoisotopic (exact) mass is 766 g/mol. The first-order valence-corrected chi connectivity index (χ1v) is 18.4. The number of likely N-dealkylation sites (tertiary alicyclic amines) is 1. The van der Waals surface area contributed by atoms with Crippen LogP contribution in [-0.4, -0.2) is 105 Å². The van der Waals surface area contributed by atoms with Crippen molar-refractivity contribution in [3.05, 3.63) is 106 Å². The van der Waals surface area contributed by atoms with E-state index in [1.165, 1.54) is 6.20 Å². The molecule has 2 heterocycles. The number of aliphatic hydroxyl groups is 4. The highest BCUT2D eigenvalue weighted by Gasteiger charge is 2.52. The van der Waals surface area contributed by atoms with Crippen molar-refractivity contribution in [1.82, 2.24) is 15.2 Å². The van der Waals surface area contributed by atoms with Gasteiger partial charge in [0.05, 0.1) is 48.7 Å². The second kappa shape index (κ2) is 18.2. The lowest BCUT2D eigenvalue weighted by molar-refractivity contribution is -0.0645. The quantitative estimate of drug-likeness (QED) is 0.116. The van der Waals surface area contributed by atoms with Gasteiger partial charge < -0.3 is 44.9 Å². The first-order valence-electron chi connectivity index (χ1n) is 17.6. The van der Waals surface area contributed by atoms with Crippen LogP contribution in [0.2, 0.25) is 5.02 Å². The number of allylic oxidation sites excluding steroid dienone is 2. The maximum atomic E-state index is 9.99. The maximum absolute atomic E-state index is 9.99. The highest BCUT2D eigenvalue weighted by molar-refractivity contribution is 6.32. The third-order valence-electron chi connectivity index (χ3n) is 9.92. The van der Waals surface area contributed by atoms with Crippen molar-refractivity contribution in [2.75, 3.05) is 52.7 Å². The molecule has 284 valence electrons. The zero-order valence-electron chi connectivity index (χ0n) is 30.0. The van der Waals surface area contributed by atoms with E-state index < -0.39 is 22.1 Å². The summed E-state index contributed by atoms with van der Waals surface area (Å²) in [7, 11) is 0. The number of hydrogen-bond acceptors (Lipinski definition) is 11. The minimum Gasteiger partial charge on any atom is -0.488 e. The van der Waals surface area contributed by atoms with E-state index >= 15 is 0 Å². The standard InChI is InChI=1S/C40H48Cl2N4O7/c1-38(25-48,26-49)45-19-32-14-35(41)37(15-36(32)51-23-30-13-29(16-43)17-44-18-30)52-27-40(53-24-28-10-12-46(20-28)21-33(50)22-47)11-6-9-34(39(40,2)42)31-7-4-3-5-8-31/h3-9,11,13-15,17-18,28,33,45,47-50H,10,12,19-27H2,1-2H3/t28-,33?,39?,40?/m0/s1. The number of halogens is 2. The van der Waals surface area contributed by atoms with Crippen molar-refractivity contribution in [2.45, 2.75) is 55.5 Å². The first-order chi connectivity index (χ1) is 25.4. The number of nitriles is 1. The number of ether oxygens (including phenoxy) is 3. The van der Waals surface area contributed by atoms with Crippen LogP contribution in [0.3, 0.4) is 0 Å². The van der Waals surface area contributed by atoms with Crippen LogP contribution in [-0.2, 0) is 17.9 Å². The molecule has 0 spiro atoms. The molecule has 53 heavy (non-hydrogen) atoms. The zero-order chi connectivity index (χ0) is 38.1. The summed E-state index contributed by atoms with van der Waals surface area (Å²) >= 11 is 14.5. The lowest BCUT2D eigenvalue weighted by atomic mass is 9.76. The van der Waals surface area contributed by atoms with E-state index in [4.69, 9.17) is 37.4 Å². The van der Waals surface area contributed by atoms with Gasteiger partial charge in [-0.05, 0) is 62.1 Å². The van der Waals surface area contributed by atoms with Crippen LogP contribution >= 0.6 is 23.2 Å². The molecule has 11 nitrogen and oxygen atoms in total. The molecule has 5 rings (SSSR count). The molecule has 1 aromatic heterocycles. The van der Waals surface area contributed by atoms with Gasteiger partial charge in [0.2, 0.25) is 0 Å². The van der Waals surface area contributed by atoms with Crippen LogP contribution in [0.1, 0.15) is 42.5 Å². The highest BCUT2D eigenvalue weighted by atomic mass is 35.5. The molecule has 3 unspecified atom stereocenters. The molecule has 0 bridgehead atoms. The van der Waals surface area contributed by atoms with Crippen molar-refractivity contribution in [3.63, 3.8) is 0 Å². The number of rotatable bonds is 18. The molecule has 1 aliphatic carbocycles. The molecule has 3 aromatic rings. The van der Waals surface area contributed by atoms with Crippen molar-refractivity contribution in [1.29, 1.82) is 5.26 Å². The van der Waals surface area contributed by atoms with Crippen LogP contribution < -0.4 is 14.8 Å². The first kappa shape index (κ1) is 40.6. The third kappa shape index (κ3) is 9.96. The lowest BCUT2D eigenvalue weighted by Gasteiger charge is -2.46. The van der Waals surface area contributed by atoms with Crippen LogP contribution in [0.5, 0.6) is 11.5 Å². The smallest absolute Gasteiger partial charge is 0.143 e. The van der Waals surface area contributed by atoms with Crippen molar-refractivity contribution in [2.24, 2.45) is 5.92 Å². The van der Waals surface area contributed by atoms with Gasteiger partial charge in [0.1, 0.15) is 41.3 Å². The van der Waals surface area contributed by atoms with Crippen molar-refractivity contribution < 1.29 is 34.6 Å². The molecule has 4 atom stereocenters. The van der Waals surface area contributed by atoms with Gasteiger partial charge in [-0.25, -0.2) is 0 Å². The number of benzene rings is 2. The minimum atomic E-state index is -1.15. The number of alkyl halides is 1. The van der Waals surface area contributed by atoms with E-state index in [1.807, 2.05) is 55.5 Å². The molecular weight excluding hydrogens is 719 g/mol. The Balaban J connectivity index is 1.43. The van der Waals surface area contributed by atoms with Crippen LogP contribution in [0, 0.1) is 17.2 Å². The highest BCUT2D eigenvalue weighted by Crippen LogP contribution is 2.48. The molecule has 0 amide bonds. The fourth-order valence-corrected chi connectivity index (χ4v) is 7.06. The summed E-state index contributed by atoms with van der Waals surface area (Å²) in [4.78, 5) is 5.17. The number of β-amino-alcohol motifs (C(OH)–C–C–N with tert-alkyl or cyclic N) is 1.